The molecule has 3 aromatic carbocycles. The molecule has 120 valence electrons. The van der Waals surface area contributed by atoms with Gasteiger partial charge >= 0.3 is 0 Å². The molecule has 2 nitrogen and oxygen atoms in total. The van der Waals surface area contributed by atoms with Gasteiger partial charge in [0.1, 0.15) is 6.61 Å². The van der Waals surface area contributed by atoms with E-state index in [9.17, 15) is 0 Å². The predicted octanol–water partition coefficient (Wildman–Crippen LogP) is 5.94. The Labute approximate surface area is 147 Å². The van der Waals surface area contributed by atoms with Crippen molar-refractivity contribution in [3.63, 3.8) is 0 Å². The van der Waals surface area contributed by atoms with Crippen LogP contribution >= 0.6 is 11.6 Å². The Hall–Kier alpha value is -2.58. The molecule has 0 saturated heterocycles. The van der Waals surface area contributed by atoms with E-state index < -0.39 is 0 Å². The molecule has 3 aromatic rings. The van der Waals surface area contributed by atoms with Crippen LogP contribution < -0.4 is 0 Å². The number of ether oxygens (including phenoxy) is 1. The van der Waals surface area contributed by atoms with Crippen LogP contribution in [0.4, 0.5) is 5.69 Å². The first kappa shape index (κ1) is 16.3. The molecule has 0 aliphatic carbocycles. The van der Waals surface area contributed by atoms with Gasteiger partial charge in [-0.25, -0.2) is 4.99 Å². The second-order valence-corrected chi connectivity index (χ2v) is 5.97. The van der Waals surface area contributed by atoms with E-state index in [1.165, 1.54) is 5.56 Å². The topological polar surface area (TPSA) is 21.6 Å². The quantitative estimate of drug-likeness (QED) is 0.427. The monoisotopic (exact) mass is 335 g/mol. The highest BCUT2D eigenvalue weighted by molar-refractivity contribution is 6.30. The van der Waals surface area contributed by atoms with Crippen LogP contribution in [0.3, 0.4) is 0 Å². The van der Waals surface area contributed by atoms with Crippen LogP contribution in [0.2, 0.25) is 5.02 Å². The lowest BCUT2D eigenvalue weighted by molar-refractivity contribution is 0.294. The van der Waals surface area contributed by atoms with E-state index in [1.54, 1.807) is 0 Å². The molecule has 0 saturated carbocycles. The Morgan fingerprint density at radius 2 is 1.54 bits per heavy atom. The molecule has 24 heavy (non-hydrogen) atoms. The molecule has 0 fully saturated rings. The highest BCUT2D eigenvalue weighted by atomic mass is 35.5. The third-order valence-corrected chi connectivity index (χ3v) is 3.83. The van der Waals surface area contributed by atoms with E-state index in [0.717, 1.165) is 21.8 Å². The van der Waals surface area contributed by atoms with Gasteiger partial charge in [0.15, 0.2) is 0 Å². The number of halogens is 1. The number of hydrogen-bond donors (Lipinski definition) is 0. The number of aryl methyl sites for hydroxylation is 1. The van der Waals surface area contributed by atoms with Crippen LogP contribution in [0.1, 0.15) is 16.7 Å². The van der Waals surface area contributed by atoms with Crippen molar-refractivity contribution in [1.82, 2.24) is 0 Å². The van der Waals surface area contributed by atoms with E-state index >= 15 is 0 Å². The zero-order valence-electron chi connectivity index (χ0n) is 13.4. The van der Waals surface area contributed by atoms with Crippen molar-refractivity contribution in [3.05, 3.63) is 101 Å². The van der Waals surface area contributed by atoms with Crippen molar-refractivity contribution in [2.75, 3.05) is 0 Å². The molecule has 0 radical (unpaired) electrons. The minimum atomic E-state index is 0.441. The van der Waals surface area contributed by atoms with Crippen LogP contribution in [-0.4, -0.2) is 5.90 Å². The fourth-order valence-electron chi connectivity index (χ4n) is 2.23. The van der Waals surface area contributed by atoms with Crippen molar-refractivity contribution < 1.29 is 4.74 Å². The van der Waals surface area contributed by atoms with Crippen molar-refractivity contribution in [3.8, 4) is 0 Å². The highest BCUT2D eigenvalue weighted by Crippen LogP contribution is 2.17. The summed E-state index contributed by atoms with van der Waals surface area (Å²) in [5.74, 6) is 0.606. The van der Waals surface area contributed by atoms with Gasteiger partial charge in [-0.2, -0.15) is 0 Å². The number of rotatable bonds is 4. The molecule has 0 heterocycles. The second-order valence-electron chi connectivity index (χ2n) is 5.53. The van der Waals surface area contributed by atoms with Crippen LogP contribution in [0, 0.1) is 6.92 Å². The Kier molecular flexibility index (Phi) is 5.29. The van der Waals surface area contributed by atoms with Gasteiger partial charge in [-0.1, -0.05) is 59.6 Å². The smallest absolute Gasteiger partial charge is 0.221 e. The molecule has 0 aromatic heterocycles. The lowest BCUT2D eigenvalue weighted by Gasteiger charge is -2.10. The minimum absolute atomic E-state index is 0.441. The fourth-order valence-corrected chi connectivity index (χ4v) is 2.36. The van der Waals surface area contributed by atoms with Crippen LogP contribution in [-0.2, 0) is 11.3 Å². The summed E-state index contributed by atoms with van der Waals surface area (Å²) < 4.78 is 6.00. The summed E-state index contributed by atoms with van der Waals surface area (Å²) >= 11 is 5.93. The maximum atomic E-state index is 6.00. The maximum absolute atomic E-state index is 6.00. The standard InChI is InChI=1S/C21H18ClNO/c1-16-7-13-20(14-8-16)23-21(18-5-3-2-4-6-18)24-15-17-9-11-19(22)12-10-17/h2-14H,15H2,1H3. The fraction of sp³-hybridized carbons (Fsp3) is 0.0952. The van der Waals surface area contributed by atoms with Gasteiger partial charge in [0.05, 0.1) is 5.69 Å². The van der Waals surface area contributed by atoms with Gasteiger partial charge in [0.25, 0.3) is 0 Å². The summed E-state index contributed by atoms with van der Waals surface area (Å²) in [4.78, 5) is 4.67. The summed E-state index contributed by atoms with van der Waals surface area (Å²) in [6.07, 6.45) is 0. The average molecular weight is 336 g/mol. The van der Waals surface area contributed by atoms with E-state index in [1.807, 2.05) is 78.9 Å². The Morgan fingerprint density at radius 3 is 2.21 bits per heavy atom. The van der Waals surface area contributed by atoms with Crippen molar-refractivity contribution in [1.29, 1.82) is 0 Å². The van der Waals surface area contributed by atoms with Gasteiger partial charge in [-0.15, -0.1) is 0 Å². The van der Waals surface area contributed by atoms with Crippen molar-refractivity contribution in [2.24, 2.45) is 4.99 Å². The Balaban J connectivity index is 1.84. The SMILES string of the molecule is Cc1ccc(N=C(OCc2ccc(Cl)cc2)c2ccccc2)cc1. The van der Waals surface area contributed by atoms with E-state index in [0.29, 0.717) is 12.5 Å². The molecule has 3 heteroatoms. The highest BCUT2D eigenvalue weighted by Gasteiger charge is 2.06. The molecular weight excluding hydrogens is 318 g/mol. The van der Waals surface area contributed by atoms with Crippen LogP contribution in [0.25, 0.3) is 0 Å². The molecule has 0 aliphatic heterocycles. The first-order valence-corrected chi connectivity index (χ1v) is 8.16. The molecule has 0 amide bonds. The molecule has 0 spiro atoms. The van der Waals surface area contributed by atoms with Gasteiger partial charge in [-0.3, -0.25) is 0 Å². The third kappa shape index (κ3) is 4.46. The van der Waals surface area contributed by atoms with Crippen LogP contribution in [0.5, 0.6) is 0 Å². The summed E-state index contributed by atoms with van der Waals surface area (Å²) in [5, 5.41) is 0.718. The lowest BCUT2D eigenvalue weighted by Crippen LogP contribution is -2.06. The molecule has 0 bridgehead atoms. The average Bonchev–Trinajstić information content (AvgIpc) is 2.62. The Morgan fingerprint density at radius 1 is 0.875 bits per heavy atom. The van der Waals surface area contributed by atoms with Crippen LogP contribution in [0.15, 0.2) is 83.9 Å². The van der Waals surface area contributed by atoms with E-state index in [4.69, 9.17) is 16.3 Å². The van der Waals surface area contributed by atoms with Crippen molar-refractivity contribution in [2.45, 2.75) is 13.5 Å². The van der Waals surface area contributed by atoms with Gasteiger partial charge in [-0.05, 0) is 48.9 Å². The van der Waals surface area contributed by atoms with Gasteiger partial charge in [0.2, 0.25) is 5.90 Å². The number of nitrogens with zero attached hydrogens (tertiary/aromatic N) is 1. The largest absolute Gasteiger partial charge is 0.472 e. The second kappa shape index (κ2) is 7.80. The third-order valence-electron chi connectivity index (χ3n) is 3.57. The zero-order valence-corrected chi connectivity index (χ0v) is 14.2. The minimum Gasteiger partial charge on any atom is -0.472 e. The Bertz CT molecular complexity index is 809. The molecule has 0 aliphatic rings. The molecule has 3 rings (SSSR count). The summed E-state index contributed by atoms with van der Waals surface area (Å²) in [6, 6.07) is 25.6. The summed E-state index contributed by atoms with van der Waals surface area (Å²) in [7, 11) is 0. The summed E-state index contributed by atoms with van der Waals surface area (Å²) in [5.41, 5.74) is 4.08. The lowest BCUT2D eigenvalue weighted by atomic mass is 10.2. The van der Waals surface area contributed by atoms with E-state index in [2.05, 4.69) is 11.9 Å². The summed E-state index contributed by atoms with van der Waals surface area (Å²) in [6.45, 7) is 2.50. The number of aliphatic imine (C=N–C) groups is 1. The predicted molar refractivity (Wildman–Crippen MR) is 100 cm³/mol. The van der Waals surface area contributed by atoms with Gasteiger partial charge in [0, 0.05) is 10.6 Å². The normalized spacial score (nSPS) is 11.3. The maximum Gasteiger partial charge on any atom is 0.221 e. The molecule has 0 unspecified atom stereocenters. The molecular formula is C21H18ClNO. The van der Waals surface area contributed by atoms with E-state index in [-0.39, 0.29) is 0 Å². The first-order valence-electron chi connectivity index (χ1n) is 7.79. The first-order chi connectivity index (χ1) is 11.7. The van der Waals surface area contributed by atoms with Gasteiger partial charge < -0.3 is 4.74 Å². The number of benzene rings is 3. The zero-order chi connectivity index (χ0) is 16.8. The molecule has 0 N–H and O–H groups in total. The number of hydrogen-bond acceptors (Lipinski definition) is 2. The van der Waals surface area contributed by atoms with Crippen molar-refractivity contribution >= 4 is 23.2 Å². The molecule has 0 atom stereocenters.